The summed E-state index contributed by atoms with van der Waals surface area (Å²) in [5.74, 6) is 0. The standard InChI is InChI=1S/C46H31NS/c1-3-11-32(12-4-1)34-21-25-40(26-22-34)47(39-15-5-2-6-16-39)41-27-23-35(24-28-41)38-30-43(37-20-19-33-13-7-8-14-36(33)29-37)46-44(31-38)42-17-9-10-18-45(42)48-46/h1-31H. The second-order valence-corrected chi connectivity index (χ2v) is 13.2. The van der Waals surface area contributed by atoms with Crippen molar-refractivity contribution < 1.29 is 0 Å². The first kappa shape index (κ1) is 28.3. The first-order valence-corrected chi connectivity index (χ1v) is 17.2. The van der Waals surface area contributed by atoms with E-state index in [0.717, 1.165) is 17.1 Å². The molecule has 0 radical (unpaired) electrons. The first-order chi connectivity index (χ1) is 23.8. The molecule has 0 aliphatic rings. The number of para-hydroxylation sites is 1. The summed E-state index contributed by atoms with van der Waals surface area (Å²) in [6.07, 6.45) is 0. The third-order valence-corrected chi connectivity index (χ3v) is 10.5. The molecule has 9 aromatic rings. The third kappa shape index (κ3) is 5.13. The van der Waals surface area contributed by atoms with Gasteiger partial charge in [0.05, 0.1) is 0 Å². The van der Waals surface area contributed by atoms with E-state index in [1.54, 1.807) is 0 Å². The average Bonchev–Trinajstić information content (AvgIpc) is 3.54. The van der Waals surface area contributed by atoms with Gasteiger partial charge in [-0.15, -0.1) is 11.3 Å². The number of anilines is 3. The Bertz CT molecular complexity index is 2530. The largest absolute Gasteiger partial charge is 0.311 e. The van der Waals surface area contributed by atoms with Crippen molar-refractivity contribution in [1.82, 2.24) is 0 Å². The van der Waals surface area contributed by atoms with E-state index in [0.29, 0.717) is 0 Å². The minimum Gasteiger partial charge on any atom is -0.311 e. The second-order valence-electron chi connectivity index (χ2n) is 12.2. The number of nitrogens with zero attached hydrogens (tertiary/aromatic N) is 1. The van der Waals surface area contributed by atoms with Crippen molar-refractivity contribution in [2.75, 3.05) is 4.90 Å². The summed E-state index contributed by atoms with van der Waals surface area (Å²) in [6, 6.07) is 68.1. The van der Waals surface area contributed by atoms with Crippen molar-refractivity contribution in [2.24, 2.45) is 0 Å². The van der Waals surface area contributed by atoms with E-state index in [9.17, 15) is 0 Å². The fraction of sp³-hybridized carbons (Fsp3) is 0. The van der Waals surface area contributed by atoms with Crippen molar-refractivity contribution in [2.45, 2.75) is 0 Å². The molecule has 0 fully saturated rings. The van der Waals surface area contributed by atoms with Crippen LogP contribution in [0.5, 0.6) is 0 Å². The smallest absolute Gasteiger partial charge is 0.0462 e. The van der Waals surface area contributed by atoms with Gasteiger partial charge in [-0.25, -0.2) is 0 Å². The van der Waals surface area contributed by atoms with E-state index < -0.39 is 0 Å². The number of rotatable bonds is 6. The summed E-state index contributed by atoms with van der Waals surface area (Å²) in [6.45, 7) is 0. The van der Waals surface area contributed by atoms with Gasteiger partial charge in [0.1, 0.15) is 0 Å². The van der Waals surface area contributed by atoms with E-state index in [1.165, 1.54) is 64.3 Å². The highest BCUT2D eigenvalue weighted by atomic mass is 32.1. The Morgan fingerprint density at radius 1 is 0.333 bits per heavy atom. The molecule has 1 aromatic heterocycles. The Balaban J connectivity index is 1.15. The lowest BCUT2D eigenvalue weighted by Gasteiger charge is -2.26. The zero-order valence-electron chi connectivity index (χ0n) is 26.3. The van der Waals surface area contributed by atoms with Crippen LogP contribution in [0.1, 0.15) is 0 Å². The topological polar surface area (TPSA) is 3.24 Å². The lowest BCUT2D eigenvalue weighted by Crippen LogP contribution is -2.09. The number of benzene rings is 8. The summed E-state index contributed by atoms with van der Waals surface area (Å²) in [5.41, 5.74) is 10.7. The molecule has 1 heterocycles. The predicted octanol–water partition coefficient (Wildman–Crippen LogP) is 13.7. The summed E-state index contributed by atoms with van der Waals surface area (Å²) in [5, 5.41) is 5.15. The van der Waals surface area contributed by atoms with Crippen LogP contribution in [-0.2, 0) is 0 Å². The maximum Gasteiger partial charge on any atom is 0.0462 e. The van der Waals surface area contributed by atoms with Crippen LogP contribution in [0.2, 0.25) is 0 Å². The Morgan fingerprint density at radius 3 is 1.60 bits per heavy atom. The molecule has 0 bridgehead atoms. The molecule has 0 N–H and O–H groups in total. The van der Waals surface area contributed by atoms with E-state index >= 15 is 0 Å². The molecule has 8 aromatic carbocycles. The van der Waals surface area contributed by atoms with Crippen LogP contribution >= 0.6 is 11.3 Å². The van der Waals surface area contributed by atoms with Crippen LogP contribution in [-0.4, -0.2) is 0 Å². The Kier molecular flexibility index (Phi) is 7.07. The second kappa shape index (κ2) is 12.0. The number of thiophene rings is 1. The highest BCUT2D eigenvalue weighted by Crippen LogP contribution is 2.44. The van der Waals surface area contributed by atoms with Crippen molar-refractivity contribution in [1.29, 1.82) is 0 Å². The average molecular weight is 630 g/mol. The van der Waals surface area contributed by atoms with E-state index in [2.05, 4.69) is 193 Å². The van der Waals surface area contributed by atoms with Gasteiger partial charge in [-0.3, -0.25) is 0 Å². The molecule has 0 saturated carbocycles. The van der Waals surface area contributed by atoms with Gasteiger partial charge in [0.2, 0.25) is 0 Å². The fourth-order valence-corrected chi connectivity index (χ4v) is 8.05. The van der Waals surface area contributed by atoms with E-state index in [1.807, 2.05) is 11.3 Å². The zero-order valence-corrected chi connectivity index (χ0v) is 27.1. The van der Waals surface area contributed by atoms with E-state index in [4.69, 9.17) is 0 Å². The molecule has 48 heavy (non-hydrogen) atoms. The molecule has 0 aliphatic heterocycles. The highest BCUT2D eigenvalue weighted by Gasteiger charge is 2.16. The Hall–Kier alpha value is -5.96. The molecule has 226 valence electrons. The highest BCUT2D eigenvalue weighted by molar-refractivity contribution is 7.26. The van der Waals surface area contributed by atoms with E-state index in [-0.39, 0.29) is 0 Å². The van der Waals surface area contributed by atoms with Crippen LogP contribution in [0.15, 0.2) is 188 Å². The zero-order chi connectivity index (χ0) is 31.9. The molecule has 0 aliphatic carbocycles. The molecule has 9 rings (SSSR count). The van der Waals surface area contributed by atoms with Gasteiger partial charge in [0.25, 0.3) is 0 Å². The predicted molar refractivity (Wildman–Crippen MR) is 208 cm³/mol. The maximum absolute atomic E-state index is 2.38. The van der Waals surface area contributed by atoms with Gasteiger partial charge >= 0.3 is 0 Å². The molecule has 0 saturated heterocycles. The molecular weight excluding hydrogens is 599 g/mol. The first-order valence-electron chi connectivity index (χ1n) is 16.3. The van der Waals surface area contributed by atoms with Crippen LogP contribution in [0.3, 0.4) is 0 Å². The number of hydrogen-bond donors (Lipinski definition) is 0. The number of fused-ring (bicyclic) bond motifs is 4. The Labute approximate surface area is 284 Å². The molecular formula is C46H31NS. The van der Waals surface area contributed by atoms with Crippen LogP contribution in [0, 0.1) is 0 Å². The lowest BCUT2D eigenvalue weighted by atomic mass is 9.94. The van der Waals surface area contributed by atoms with Crippen LogP contribution in [0.25, 0.3) is 64.3 Å². The van der Waals surface area contributed by atoms with Crippen LogP contribution < -0.4 is 4.90 Å². The van der Waals surface area contributed by atoms with Gasteiger partial charge in [-0.1, -0.05) is 127 Å². The third-order valence-electron chi connectivity index (χ3n) is 9.24. The van der Waals surface area contributed by atoms with Gasteiger partial charge in [0.15, 0.2) is 0 Å². The van der Waals surface area contributed by atoms with Crippen molar-refractivity contribution >= 4 is 59.3 Å². The summed E-state index contributed by atoms with van der Waals surface area (Å²) < 4.78 is 2.65. The van der Waals surface area contributed by atoms with Gasteiger partial charge in [-0.05, 0) is 99.3 Å². The maximum atomic E-state index is 2.38. The van der Waals surface area contributed by atoms with Crippen molar-refractivity contribution in [3.8, 4) is 33.4 Å². The lowest BCUT2D eigenvalue weighted by molar-refractivity contribution is 1.28. The Morgan fingerprint density at radius 2 is 0.875 bits per heavy atom. The van der Waals surface area contributed by atoms with Gasteiger partial charge in [-0.2, -0.15) is 0 Å². The normalized spacial score (nSPS) is 11.3. The fourth-order valence-electron chi connectivity index (χ4n) is 6.83. The molecule has 0 unspecified atom stereocenters. The summed E-state index contributed by atoms with van der Waals surface area (Å²) in [7, 11) is 0. The quantitative estimate of drug-likeness (QED) is 0.177. The number of hydrogen-bond acceptors (Lipinski definition) is 2. The SMILES string of the molecule is c1ccc(-c2ccc(N(c3ccccc3)c3ccc(-c4cc(-c5ccc6ccccc6c5)c5sc6ccccc6c5c4)cc3)cc2)cc1. The molecule has 0 atom stereocenters. The van der Waals surface area contributed by atoms with Gasteiger partial charge in [0, 0.05) is 42.8 Å². The monoisotopic (exact) mass is 629 g/mol. The minimum absolute atomic E-state index is 1.12. The van der Waals surface area contributed by atoms with Crippen molar-refractivity contribution in [3.05, 3.63) is 188 Å². The summed E-state index contributed by atoms with van der Waals surface area (Å²) in [4.78, 5) is 2.33. The van der Waals surface area contributed by atoms with Crippen LogP contribution in [0.4, 0.5) is 17.1 Å². The molecule has 2 heteroatoms. The molecule has 0 amide bonds. The molecule has 1 nitrogen and oxygen atoms in total. The molecule has 0 spiro atoms. The van der Waals surface area contributed by atoms with Gasteiger partial charge < -0.3 is 4.90 Å². The summed E-state index contributed by atoms with van der Waals surface area (Å²) >= 11 is 1.89. The van der Waals surface area contributed by atoms with Crippen molar-refractivity contribution in [3.63, 3.8) is 0 Å². The minimum atomic E-state index is 1.12.